The molecule has 2 N–H and O–H groups in total. The number of nitrogens with two attached hydrogens (primary N) is 1. The predicted octanol–water partition coefficient (Wildman–Crippen LogP) is 4.54. The molecule has 1 nitrogen and oxygen atoms in total. The van der Waals surface area contributed by atoms with Crippen LogP contribution in [0.2, 0.25) is 0 Å². The molecule has 106 valence electrons. The van der Waals surface area contributed by atoms with Gasteiger partial charge in [0.1, 0.15) is 11.6 Å². The monoisotopic (exact) mass is 293 g/mol. The van der Waals surface area contributed by atoms with Gasteiger partial charge in [-0.2, -0.15) is 0 Å². The number of benzene rings is 2. The molecule has 0 saturated carbocycles. The number of halogens is 2. The summed E-state index contributed by atoms with van der Waals surface area (Å²) >= 11 is 1.47. The quantitative estimate of drug-likeness (QED) is 0.819. The molecule has 2 rings (SSSR count). The Hall–Kier alpha value is -1.39. The molecule has 4 heteroatoms. The standard InChI is InChI=1S/C16H17F2NS/c1-2-15(19)16(13-5-3-4-6-14(13)18)20-12-9-7-11(17)8-10-12/h3-10,15-16H,2,19H2,1H3. The maximum Gasteiger partial charge on any atom is 0.127 e. The molecule has 0 spiro atoms. The zero-order valence-electron chi connectivity index (χ0n) is 11.2. The Kier molecular flexibility index (Phi) is 5.15. The van der Waals surface area contributed by atoms with Crippen LogP contribution in [0.1, 0.15) is 24.2 Å². The first-order valence-corrected chi connectivity index (χ1v) is 7.42. The highest BCUT2D eigenvalue weighted by Crippen LogP contribution is 2.39. The van der Waals surface area contributed by atoms with Crippen molar-refractivity contribution < 1.29 is 8.78 Å². The number of rotatable bonds is 5. The lowest BCUT2D eigenvalue weighted by molar-refractivity contribution is 0.572. The van der Waals surface area contributed by atoms with Crippen LogP contribution in [0.3, 0.4) is 0 Å². The van der Waals surface area contributed by atoms with Gasteiger partial charge in [0, 0.05) is 16.5 Å². The van der Waals surface area contributed by atoms with Crippen LogP contribution in [-0.4, -0.2) is 6.04 Å². The Balaban J connectivity index is 2.29. The second-order valence-electron chi connectivity index (χ2n) is 4.59. The highest BCUT2D eigenvalue weighted by Gasteiger charge is 2.22. The minimum Gasteiger partial charge on any atom is -0.326 e. The van der Waals surface area contributed by atoms with E-state index in [-0.39, 0.29) is 22.9 Å². The SMILES string of the molecule is CCC(N)C(Sc1ccc(F)cc1)c1ccccc1F. The third-order valence-corrected chi connectivity index (χ3v) is 4.55. The third-order valence-electron chi connectivity index (χ3n) is 3.15. The van der Waals surface area contributed by atoms with E-state index in [0.29, 0.717) is 5.56 Å². The fraction of sp³-hybridized carbons (Fsp3) is 0.250. The molecule has 2 aromatic carbocycles. The van der Waals surface area contributed by atoms with Crippen LogP contribution in [0.5, 0.6) is 0 Å². The molecule has 0 radical (unpaired) electrons. The second-order valence-corrected chi connectivity index (χ2v) is 5.80. The van der Waals surface area contributed by atoms with E-state index in [1.807, 2.05) is 6.92 Å². The van der Waals surface area contributed by atoms with Crippen molar-refractivity contribution in [2.45, 2.75) is 29.5 Å². The van der Waals surface area contributed by atoms with Crippen molar-refractivity contribution in [2.75, 3.05) is 0 Å². The van der Waals surface area contributed by atoms with E-state index < -0.39 is 0 Å². The Bertz CT molecular complexity index is 557. The van der Waals surface area contributed by atoms with Crippen molar-refractivity contribution >= 4 is 11.8 Å². The summed E-state index contributed by atoms with van der Waals surface area (Å²) in [5.41, 5.74) is 6.73. The van der Waals surface area contributed by atoms with E-state index in [2.05, 4.69) is 0 Å². The summed E-state index contributed by atoms with van der Waals surface area (Å²) in [7, 11) is 0. The Morgan fingerprint density at radius 3 is 2.30 bits per heavy atom. The van der Waals surface area contributed by atoms with Crippen molar-refractivity contribution in [1.82, 2.24) is 0 Å². The molecular formula is C16H17F2NS. The summed E-state index contributed by atoms with van der Waals surface area (Å²) in [6.45, 7) is 1.98. The van der Waals surface area contributed by atoms with E-state index in [9.17, 15) is 8.78 Å². The van der Waals surface area contributed by atoms with Gasteiger partial charge in [-0.3, -0.25) is 0 Å². The first kappa shape index (κ1) is 15.0. The fourth-order valence-electron chi connectivity index (χ4n) is 1.96. The van der Waals surface area contributed by atoms with Gasteiger partial charge in [0.25, 0.3) is 0 Å². The van der Waals surface area contributed by atoms with E-state index in [0.717, 1.165) is 11.3 Å². The molecular weight excluding hydrogens is 276 g/mol. The Labute approximate surface area is 122 Å². The molecule has 2 aromatic rings. The largest absolute Gasteiger partial charge is 0.326 e. The van der Waals surface area contributed by atoms with Crippen LogP contribution >= 0.6 is 11.8 Å². The van der Waals surface area contributed by atoms with Gasteiger partial charge in [0.15, 0.2) is 0 Å². The van der Waals surface area contributed by atoms with E-state index in [1.54, 1.807) is 30.3 Å². The van der Waals surface area contributed by atoms with Gasteiger partial charge in [0.05, 0.1) is 5.25 Å². The van der Waals surface area contributed by atoms with Crippen molar-refractivity contribution in [3.05, 3.63) is 65.7 Å². The molecule has 0 amide bonds. The maximum atomic E-state index is 14.0. The van der Waals surface area contributed by atoms with Crippen LogP contribution in [0, 0.1) is 11.6 Å². The molecule has 0 fully saturated rings. The van der Waals surface area contributed by atoms with Gasteiger partial charge in [0.2, 0.25) is 0 Å². The van der Waals surface area contributed by atoms with Gasteiger partial charge >= 0.3 is 0 Å². The smallest absolute Gasteiger partial charge is 0.127 e. The van der Waals surface area contributed by atoms with E-state index in [4.69, 9.17) is 5.73 Å². The minimum atomic E-state index is -0.281. The number of hydrogen-bond donors (Lipinski definition) is 1. The van der Waals surface area contributed by atoms with Gasteiger partial charge in [-0.1, -0.05) is 25.1 Å². The van der Waals surface area contributed by atoms with Crippen LogP contribution in [0.15, 0.2) is 53.4 Å². The molecule has 0 saturated heterocycles. The molecule has 0 aliphatic rings. The summed E-state index contributed by atoms with van der Waals surface area (Å²) in [4.78, 5) is 0.878. The molecule has 2 atom stereocenters. The first-order valence-electron chi connectivity index (χ1n) is 6.54. The van der Waals surface area contributed by atoms with Crippen molar-refractivity contribution in [3.63, 3.8) is 0 Å². The molecule has 0 aliphatic heterocycles. The van der Waals surface area contributed by atoms with Crippen molar-refractivity contribution in [1.29, 1.82) is 0 Å². The number of thioether (sulfide) groups is 1. The molecule has 0 bridgehead atoms. The van der Waals surface area contributed by atoms with Crippen molar-refractivity contribution in [3.8, 4) is 0 Å². The fourth-order valence-corrected chi connectivity index (χ4v) is 3.23. The second kappa shape index (κ2) is 6.86. The van der Waals surface area contributed by atoms with E-state index >= 15 is 0 Å². The van der Waals surface area contributed by atoms with Gasteiger partial charge in [-0.05, 0) is 36.8 Å². The lowest BCUT2D eigenvalue weighted by Crippen LogP contribution is -2.26. The maximum absolute atomic E-state index is 14.0. The third kappa shape index (κ3) is 3.58. The van der Waals surface area contributed by atoms with Crippen molar-refractivity contribution in [2.24, 2.45) is 5.73 Å². The lowest BCUT2D eigenvalue weighted by Gasteiger charge is -2.23. The molecule has 0 heterocycles. The lowest BCUT2D eigenvalue weighted by atomic mass is 10.0. The topological polar surface area (TPSA) is 26.0 Å². The number of hydrogen-bond acceptors (Lipinski definition) is 2. The van der Waals surface area contributed by atoms with Crippen LogP contribution in [-0.2, 0) is 0 Å². The summed E-state index contributed by atoms with van der Waals surface area (Å²) in [5, 5.41) is -0.188. The van der Waals surface area contributed by atoms with E-state index in [1.165, 1.54) is 30.0 Å². The van der Waals surface area contributed by atoms with Crippen LogP contribution in [0.4, 0.5) is 8.78 Å². The summed E-state index contributed by atoms with van der Waals surface area (Å²) in [6, 6.07) is 12.7. The highest BCUT2D eigenvalue weighted by molar-refractivity contribution is 7.99. The van der Waals surface area contributed by atoms with Gasteiger partial charge in [-0.25, -0.2) is 8.78 Å². The zero-order valence-corrected chi connectivity index (χ0v) is 12.0. The molecule has 20 heavy (non-hydrogen) atoms. The summed E-state index contributed by atoms with van der Waals surface area (Å²) in [6.07, 6.45) is 0.743. The predicted molar refractivity (Wildman–Crippen MR) is 79.7 cm³/mol. The average Bonchev–Trinajstić information content (AvgIpc) is 2.47. The summed E-state index contributed by atoms with van der Waals surface area (Å²) in [5.74, 6) is -0.535. The normalized spacial score (nSPS) is 14.0. The average molecular weight is 293 g/mol. The molecule has 0 aromatic heterocycles. The zero-order chi connectivity index (χ0) is 14.5. The van der Waals surface area contributed by atoms with Crippen LogP contribution < -0.4 is 5.73 Å². The molecule has 2 unspecified atom stereocenters. The minimum absolute atomic E-state index is 0.165. The van der Waals surface area contributed by atoms with Crippen LogP contribution in [0.25, 0.3) is 0 Å². The Morgan fingerprint density at radius 2 is 1.70 bits per heavy atom. The summed E-state index contributed by atoms with van der Waals surface area (Å²) < 4.78 is 26.9. The van der Waals surface area contributed by atoms with Gasteiger partial charge in [-0.15, -0.1) is 11.8 Å². The Morgan fingerprint density at radius 1 is 1.05 bits per heavy atom. The van der Waals surface area contributed by atoms with Gasteiger partial charge < -0.3 is 5.73 Å². The molecule has 0 aliphatic carbocycles. The first-order chi connectivity index (χ1) is 9.61. The highest BCUT2D eigenvalue weighted by atomic mass is 32.2.